The van der Waals surface area contributed by atoms with Crippen molar-refractivity contribution in [1.29, 1.82) is 0 Å². The first kappa shape index (κ1) is 15.3. The van der Waals surface area contributed by atoms with Gasteiger partial charge >= 0.3 is 5.69 Å². The minimum absolute atomic E-state index is 0.0265. The summed E-state index contributed by atoms with van der Waals surface area (Å²) in [5, 5.41) is 14.2. The van der Waals surface area contributed by atoms with E-state index < -0.39 is 4.92 Å². The first-order valence-electron chi connectivity index (χ1n) is 6.75. The highest BCUT2D eigenvalue weighted by Gasteiger charge is 2.15. The van der Waals surface area contributed by atoms with Gasteiger partial charge in [0, 0.05) is 30.3 Å². The average molecular weight is 377 g/mol. The molecule has 118 valence electrons. The standard InChI is InChI=1S/C15H13BrN4O3/c1-18-12-6-4-10(8-14(12)19(2)15(18)21)17-11-5-3-9(16)7-13(11)20(22)23/h3-8,17H,1-2H3. The smallest absolute Gasteiger partial charge is 0.328 e. The Labute approximate surface area is 139 Å². The van der Waals surface area contributed by atoms with Gasteiger partial charge in [0.15, 0.2) is 0 Å². The van der Waals surface area contributed by atoms with Crippen molar-refractivity contribution in [3.8, 4) is 0 Å². The Balaban J connectivity index is 2.08. The molecule has 0 saturated carbocycles. The van der Waals surface area contributed by atoms with Crippen molar-refractivity contribution in [1.82, 2.24) is 9.13 Å². The second-order valence-electron chi connectivity index (χ2n) is 5.15. The largest absolute Gasteiger partial charge is 0.350 e. The van der Waals surface area contributed by atoms with E-state index in [4.69, 9.17) is 0 Å². The number of benzene rings is 2. The molecule has 0 radical (unpaired) electrons. The zero-order chi connectivity index (χ0) is 16.7. The first-order chi connectivity index (χ1) is 10.9. The van der Waals surface area contributed by atoms with Crippen molar-refractivity contribution in [3.63, 3.8) is 0 Å². The van der Waals surface area contributed by atoms with E-state index in [9.17, 15) is 14.9 Å². The Kier molecular flexibility index (Phi) is 3.69. The van der Waals surface area contributed by atoms with Crippen LogP contribution in [-0.2, 0) is 14.1 Å². The van der Waals surface area contributed by atoms with Crippen LogP contribution in [0.25, 0.3) is 11.0 Å². The number of nitro groups is 1. The Morgan fingerprint density at radius 1 is 1.09 bits per heavy atom. The van der Waals surface area contributed by atoms with Crippen LogP contribution in [0.4, 0.5) is 17.1 Å². The molecule has 1 N–H and O–H groups in total. The van der Waals surface area contributed by atoms with Crippen molar-refractivity contribution in [2.75, 3.05) is 5.32 Å². The summed E-state index contributed by atoms with van der Waals surface area (Å²) in [5.41, 5.74) is 2.46. The van der Waals surface area contributed by atoms with Crippen molar-refractivity contribution >= 4 is 44.0 Å². The Morgan fingerprint density at radius 3 is 2.48 bits per heavy atom. The van der Waals surface area contributed by atoms with Gasteiger partial charge in [-0.1, -0.05) is 15.9 Å². The molecule has 0 atom stereocenters. The van der Waals surface area contributed by atoms with Gasteiger partial charge in [0.2, 0.25) is 0 Å². The fourth-order valence-electron chi connectivity index (χ4n) is 2.50. The monoisotopic (exact) mass is 376 g/mol. The lowest BCUT2D eigenvalue weighted by atomic mass is 10.2. The molecule has 7 nitrogen and oxygen atoms in total. The molecule has 2 aromatic carbocycles. The van der Waals surface area contributed by atoms with E-state index in [1.165, 1.54) is 10.6 Å². The van der Waals surface area contributed by atoms with E-state index in [1.54, 1.807) is 42.9 Å². The molecule has 0 spiro atoms. The summed E-state index contributed by atoms with van der Waals surface area (Å²) in [5.74, 6) is 0. The van der Waals surface area contributed by atoms with Crippen LogP contribution in [0.3, 0.4) is 0 Å². The van der Waals surface area contributed by atoms with Gasteiger partial charge in [-0.05, 0) is 30.3 Å². The fourth-order valence-corrected chi connectivity index (χ4v) is 2.85. The molecule has 0 aliphatic rings. The van der Waals surface area contributed by atoms with Crippen LogP contribution in [0.15, 0.2) is 45.7 Å². The third-order valence-corrected chi connectivity index (χ3v) is 4.20. The number of nitrogens with one attached hydrogen (secondary N) is 1. The second kappa shape index (κ2) is 5.54. The van der Waals surface area contributed by atoms with Crippen LogP contribution >= 0.6 is 15.9 Å². The molecule has 3 aromatic rings. The molecule has 8 heteroatoms. The predicted octanol–water partition coefficient (Wildman–Crippen LogP) is 3.29. The van der Waals surface area contributed by atoms with Crippen molar-refractivity contribution in [3.05, 3.63) is 61.5 Å². The topological polar surface area (TPSA) is 82.1 Å². The molecule has 0 saturated heterocycles. The maximum Gasteiger partial charge on any atom is 0.328 e. The van der Waals surface area contributed by atoms with E-state index in [-0.39, 0.29) is 11.4 Å². The first-order valence-corrected chi connectivity index (χ1v) is 7.54. The lowest BCUT2D eigenvalue weighted by molar-refractivity contribution is -0.384. The van der Waals surface area contributed by atoms with E-state index in [1.807, 2.05) is 6.07 Å². The molecular formula is C15H13BrN4O3. The molecule has 0 amide bonds. The number of rotatable bonds is 3. The van der Waals surface area contributed by atoms with Crippen LogP contribution < -0.4 is 11.0 Å². The number of imidazole rings is 1. The highest BCUT2D eigenvalue weighted by Crippen LogP contribution is 2.31. The Hall–Kier alpha value is -2.61. The molecule has 0 fully saturated rings. The van der Waals surface area contributed by atoms with Crippen LogP contribution in [0, 0.1) is 10.1 Å². The quantitative estimate of drug-likeness (QED) is 0.561. The summed E-state index contributed by atoms with van der Waals surface area (Å²) < 4.78 is 3.73. The normalized spacial score (nSPS) is 10.9. The molecule has 0 unspecified atom stereocenters. The fraction of sp³-hybridized carbons (Fsp3) is 0.133. The third-order valence-electron chi connectivity index (χ3n) is 3.71. The SMILES string of the molecule is Cn1c(=O)n(C)c2cc(Nc3ccc(Br)cc3[N+](=O)[O-])ccc21. The minimum atomic E-state index is -0.441. The van der Waals surface area contributed by atoms with Gasteiger partial charge in [-0.3, -0.25) is 19.2 Å². The van der Waals surface area contributed by atoms with Gasteiger partial charge in [0.25, 0.3) is 5.69 Å². The van der Waals surface area contributed by atoms with Crippen LogP contribution in [0.5, 0.6) is 0 Å². The molecule has 1 heterocycles. The number of halogens is 1. The van der Waals surface area contributed by atoms with Crippen LogP contribution in [0.1, 0.15) is 0 Å². The van der Waals surface area contributed by atoms with Gasteiger partial charge in [0.1, 0.15) is 5.69 Å². The minimum Gasteiger partial charge on any atom is -0.350 e. The van der Waals surface area contributed by atoms with Crippen molar-refractivity contribution in [2.45, 2.75) is 0 Å². The van der Waals surface area contributed by atoms with Gasteiger partial charge < -0.3 is 5.32 Å². The van der Waals surface area contributed by atoms with Crippen molar-refractivity contribution in [2.24, 2.45) is 14.1 Å². The lowest BCUT2D eigenvalue weighted by Gasteiger charge is -2.08. The number of aromatic nitrogens is 2. The molecule has 23 heavy (non-hydrogen) atoms. The molecule has 0 aliphatic carbocycles. The highest BCUT2D eigenvalue weighted by molar-refractivity contribution is 9.10. The van der Waals surface area contributed by atoms with E-state index in [2.05, 4.69) is 21.2 Å². The number of nitrogens with zero attached hydrogens (tertiary/aromatic N) is 3. The molecular weight excluding hydrogens is 364 g/mol. The maximum atomic E-state index is 11.9. The number of nitro benzene ring substituents is 1. The molecule has 1 aromatic heterocycles. The maximum absolute atomic E-state index is 11.9. The number of anilines is 2. The summed E-state index contributed by atoms with van der Waals surface area (Å²) >= 11 is 3.23. The summed E-state index contributed by atoms with van der Waals surface area (Å²) in [6, 6.07) is 10.2. The Bertz CT molecular complexity index is 990. The zero-order valence-corrected chi connectivity index (χ0v) is 14.0. The zero-order valence-electron chi connectivity index (χ0n) is 12.4. The highest BCUT2D eigenvalue weighted by atomic mass is 79.9. The number of hydrogen-bond acceptors (Lipinski definition) is 4. The lowest BCUT2D eigenvalue weighted by Crippen LogP contribution is -2.19. The second-order valence-corrected chi connectivity index (χ2v) is 6.06. The number of aryl methyl sites for hydroxylation is 2. The van der Waals surface area contributed by atoms with Gasteiger partial charge in [-0.2, -0.15) is 0 Å². The number of fused-ring (bicyclic) bond motifs is 1. The van der Waals surface area contributed by atoms with E-state index >= 15 is 0 Å². The summed E-state index contributed by atoms with van der Waals surface area (Å²) in [7, 11) is 3.40. The molecule has 0 bridgehead atoms. The van der Waals surface area contributed by atoms with E-state index in [0.29, 0.717) is 15.8 Å². The van der Waals surface area contributed by atoms with Gasteiger partial charge in [-0.25, -0.2) is 4.79 Å². The van der Waals surface area contributed by atoms with Gasteiger partial charge in [-0.15, -0.1) is 0 Å². The number of hydrogen-bond donors (Lipinski definition) is 1. The summed E-state index contributed by atoms with van der Waals surface area (Å²) in [4.78, 5) is 22.7. The Morgan fingerprint density at radius 2 is 1.78 bits per heavy atom. The van der Waals surface area contributed by atoms with Gasteiger partial charge in [0.05, 0.1) is 16.0 Å². The van der Waals surface area contributed by atoms with Crippen LogP contribution in [0.2, 0.25) is 0 Å². The molecule has 0 aliphatic heterocycles. The predicted molar refractivity (Wildman–Crippen MR) is 92.2 cm³/mol. The van der Waals surface area contributed by atoms with Crippen LogP contribution in [-0.4, -0.2) is 14.1 Å². The average Bonchev–Trinajstić information content (AvgIpc) is 2.73. The summed E-state index contributed by atoms with van der Waals surface area (Å²) in [6.07, 6.45) is 0. The van der Waals surface area contributed by atoms with Crippen molar-refractivity contribution < 1.29 is 4.92 Å². The van der Waals surface area contributed by atoms with E-state index in [0.717, 1.165) is 11.0 Å². The third kappa shape index (κ3) is 2.61. The molecule has 3 rings (SSSR count). The summed E-state index contributed by atoms with van der Waals surface area (Å²) in [6.45, 7) is 0.